The Kier molecular flexibility index (Phi) is 7.27. The first kappa shape index (κ1) is 22.7. The quantitative estimate of drug-likeness (QED) is 0.608. The summed E-state index contributed by atoms with van der Waals surface area (Å²) in [5.41, 5.74) is 0.335. The minimum atomic E-state index is -4.09. The largest absolute Gasteiger partial charge is 0.466 e. The maximum absolute atomic E-state index is 13.3. The third kappa shape index (κ3) is 5.41. The number of benzene rings is 2. The molecule has 1 saturated heterocycles. The van der Waals surface area contributed by atoms with Gasteiger partial charge in [0.15, 0.2) is 0 Å². The molecule has 0 atom stereocenters. The van der Waals surface area contributed by atoms with Crippen LogP contribution >= 0.6 is 0 Å². The molecular formula is C22H25FN2O5S. The van der Waals surface area contributed by atoms with Crippen molar-refractivity contribution in [1.82, 2.24) is 4.90 Å². The highest BCUT2D eigenvalue weighted by Crippen LogP contribution is 2.25. The molecule has 0 N–H and O–H groups in total. The smallest absolute Gasteiger partial charge is 0.309 e. The van der Waals surface area contributed by atoms with Crippen LogP contribution in [0.5, 0.6) is 0 Å². The maximum Gasteiger partial charge on any atom is 0.309 e. The molecule has 1 amide bonds. The molecule has 0 unspecified atom stereocenters. The van der Waals surface area contributed by atoms with Crippen molar-refractivity contribution < 1.29 is 27.1 Å². The Morgan fingerprint density at radius 1 is 1.06 bits per heavy atom. The summed E-state index contributed by atoms with van der Waals surface area (Å²) in [4.78, 5) is 26.3. The van der Waals surface area contributed by atoms with Gasteiger partial charge in [-0.3, -0.25) is 13.9 Å². The van der Waals surface area contributed by atoms with Gasteiger partial charge < -0.3 is 9.64 Å². The van der Waals surface area contributed by atoms with Crippen LogP contribution in [-0.2, 0) is 24.3 Å². The molecule has 7 nitrogen and oxygen atoms in total. The van der Waals surface area contributed by atoms with Crippen LogP contribution in [-0.4, -0.2) is 51.4 Å². The standard InChI is InChI=1S/C22H25FN2O5S/c1-2-30-22(27)17-12-14-24(15-13-17)21(26)16-25(19-6-4-3-5-7-19)31(28,29)20-10-8-18(23)9-11-20/h3-11,17H,2,12-16H2,1H3. The first-order chi connectivity index (χ1) is 14.8. The highest BCUT2D eigenvalue weighted by Gasteiger charge is 2.32. The van der Waals surface area contributed by atoms with E-state index < -0.39 is 22.4 Å². The van der Waals surface area contributed by atoms with Gasteiger partial charge in [-0.25, -0.2) is 12.8 Å². The number of sulfonamides is 1. The lowest BCUT2D eigenvalue weighted by atomic mass is 9.97. The lowest BCUT2D eigenvalue weighted by Gasteiger charge is -2.33. The number of amides is 1. The maximum atomic E-state index is 13.3. The van der Waals surface area contributed by atoms with E-state index in [1.54, 1.807) is 42.2 Å². The van der Waals surface area contributed by atoms with Crippen molar-refractivity contribution in [3.05, 3.63) is 60.4 Å². The number of halogens is 1. The van der Waals surface area contributed by atoms with Gasteiger partial charge in [-0.1, -0.05) is 18.2 Å². The predicted octanol–water partition coefficient (Wildman–Crippen LogP) is 2.82. The van der Waals surface area contributed by atoms with Gasteiger partial charge in [0, 0.05) is 13.1 Å². The monoisotopic (exact) mass is 448 g/mol. The van der Waals surface area contributed by atoms with Crippen molar-refractivity contribution in [2.24, 2.45) is 5.92 Å². The van der Waals surface area contributed by atoms with Crippen molar-refractivity contribution in [3.8, 4) is 0 Å². The minimum Gasteiger partial charge on any atom is -0.466 e. The van der Waals surface area contributed by atoms with Crippen LogP contribution < -0.4 is 4.31 Å². The van der Waals surface area contributed by atoms with Crippen LogP contribution in [0, 0.1) is 11.7 Å². The molecular weight excluding hydrogens is 423 g/mol. The number of esters is 1. The normalized spacial score (nSPS) is 14.8. The zero-order chi connectivity index (χ0) is 22.4. The number of likely N-dealkylation sites (tertiary alicyclic amines) is 1. The third-order valence-electron chi connectivity index (χ3n) is 5.19. The molecule has 0 aromatic heterocycles. The number of para-hydroxylation sites is 1. The van der Waals surface area contributed by atoms with Crippen molar-refractivity contribution in [3.63, 3.8) is 0 Å². The number of carbonyl (C=O) groups is 2. The van der Waals surface area contributed by atoms with Gasteiger partial charge in [0.25, 0.3) is 10.0 Å². The van der Waals surface area contributed by atoms with E-state index in [2.05, 4.69) is 0 Å². The van der Waals surface area contributed by atoms with E-state index in [1.165, 1.54) is 12.1 Å². The number of piperidine rings is 1. The zero-order valence-electron chi connectivity index (χ0n) is 17.2. The summed E-state index contributed by atoms with van der Waals surface area (Å²) in [6.45, 7) is 2.36. The lowest BCUT2D eigenvalue weighted by molar-refractivity contribution is -0.151. The molecule has 1 heterocycles. The first-order valence-electron chi connectivity index (χ1n) is 10.1. The number of nitrogens with zero attached hydrogens (tertiary/aromatic N) is 2. The molecule has 0 spiro atoms. The molecule has 0 saturated carbocycles. The van der Waals surface area contributed by atoms with Gasteiger partial charge in [0.2, 0.25) is 5.91 Å². The van der Waals surface area contributed by atoms with Crippen molar-refractivity contribution in [1.29, 1.82) is 0 Å². The Balaban J connectivity index is 1.78. The highest BCUT2D eigenvalue weighted by molar-refractivity contribution is 7.92. The third-order valence-corrected chi connectivity index (χ3v) is 6.98. The Bertz CT molecular complexity index is 1000. The average Bonchev–Trinajstić information content (AvgIpc) is 2.78. The molecule has 1 fully saturated rings. The van der Waals surface area contributed by atoms with E-state index in [1.807, 2.05) is 0 Å². The van der Waals surface area contributed by atoms with Gasteiger partial charge >= 0.3 is 5.97 Å². The molecule has 31 heavy (non-hydrogen) atoms. The fourth-order valence-corrected chi connectivity index (χ4v) is 4.90. The Hall–Kier alpha value is -2.94. The summed E-state index contributed by atoms with van der Waals surface area (Å²) >= 11 is 0. The second-order valence-corrected chi connectivity index (χ2v) is 9.07. The molecule has 0 bridgehead atoms. The summed E-state index contributed by atoms with van der Waals surface area (Å²) in [7, 11) is -4.09. The molecule has 2 aromatic carbocycles. The van der Waals surface area contributed by atoms with Crippen molar-refractivity contribution >= 4 is 27.6 Å². The summed E-state index contributed by atoms with van der Waals surface area (Å²) in [5, 5.41) is 0. The molecule has 0 radical (unpaired) electrons. The van der Waals surface area contributed by atoms with Gasteiger partial charge in [-0.05, 0) is 56.2 Å². The van der Waals surface area contributed by atoms with Gasteiger partial charge in [-0.2, -0.15) is 0 Å². The van der Waals surface area contributed by atoms with E-state index in [4.69, 9.17) is 4.74 Å². The average molecular weight is 449 g/mol. The summed E-state index contributed by atoms with van der Waals surface area (Å²) < 4.78 is 45.9. The van der Waals surface area contributed by atoms with E-state index in [9.17, 15) is 22.4 Å². The number of carbonyl (C=O) groups excluding carboxylic acids is 2. The number of hydrogen-bond donors (Lipinski definition) is 0. The second kappa shape index (κ2) is 9.91. The van der Waals surface area contributed by atoms with Crippen molar-refractivity contribution in [2.45, 2.75) is 24.7 Å². The predicted molar refractivity (Wildman–Crippen MR) is 113 cm³/mol. The highest BCUT2D eigenvalue weighted by atomic mass is 32.2. The fourth-order valence-electron chi connectivity index (χ4n) is 3.49. The Morgan fingerprint density at radius 2 is 1.68 bits per heavy atom. The van der Waals surface area contributed by atoms with E-state index in [-0.39, 0.29) is 22.7 Å². The molecule has 1 aliphatic rings. The Labute approximate surface area is 181 Å². The lowest BCUT2D eigenvalue weighted by Crippen LogP contribution is -2.46. The Morgan fingerprint density at radius 3 is 2.26 bits per heavy atom. The van der Waals surface area contributed by atoms with Crippen molar-refractivity contribution in [2.75, 3.05) is 30.5 Å². The summed E-state index contributed by atoms with van der Waals surface area (Å²) in [5.74, 6) is -1.43. The number of ether oxygens (including phenoxy) is 1. The van der Waals surface area contributed by atoms with E-state index in [0.717, 1.165) is 16.4 Å². The van der Waals surface area contributed by atoms with Gasteiger partial charge in [-0.15, -0.1) is 0 Å². The van der Waals surface area contributed by atoms with Crippen LogP contribution in [0.4, 0.5) is 10.1 Å². The summed E-state index contributed by atoms with van der Waals surface area (Å²) in [6.07, 6.45) is 0.946. The number of rotatable bonds is 7. The van der Waals surface area contributed by atoms with Crippen LogP contribution in [0.2, 0.25) is 0 Å². The van der Waals surface area contributed by atoms with Crippen LogP contribution in [0.1, 0.15) is 19.8 Å². The summed E-state index contributed by atoms with van der Waals surface area (Å²) in [6, 6.07) is 12.8. The first-order valence-corrected chi connectivity index (χ1v) is 11.5. The molecule has 1 aliphatic heterocycles. The fraction of sp³-hybridized carbons (Fsp3) is 0.364. The molecule has 9 heteroatoms. The SMILES string of the molecule is CCOC(=O)C1CCN(C(=O)CN(c2ccccc2)S(=O)(=O)c2ccc(F)cc2)CC1. The topological polar surface area (TPSA) is 84.0 Å². The number of anilines is 1. The number of hydrogen-bond acceptors (Lipinski definition) is 5. The van der Waals surface area contributed by atoms with E-state index in [0.29, 0.717) is 38.2 Å². The molecule has 2 aromatic rings. The van der Waals surface area contributed by atoms with E-state index >= 15 is 0 Å². The molecule has 0 aliphatic carbocycles. The minimum absolute atomic E-state index is 0.105. The molecule has 3 rings (SSSR count). The van der Waals surface area contributed by atoms with Gasteiger partial charge in [0.05, 0.1) is 23.1 Å². The van der Waals surface area contributed by atoms with Gasteiger partial charge in [0.1, 0.15) is 12.4 Å². The van der Waals surface area contributed by atoms with Crippen LogP contribution in [0.25, 0.3) is 0 Å². The zero-order valence-corrected chi connectivity index (χ0v) is 18.1. The van der Waals surface area contributed by atoms with Crippen LogP contribution in [0.15, 0.2) is 59.5 Å². The molecule has 166 valence electrons. The van der Waals surface area contributed by atoms with Crippen LogP contribution in [0.3, 0.4) is 0 Å². The second-order valence-electron chi connectivity index (χ2n) is 7.21.